The van der Waals surface area contributed by atoms with Gasteiger partial charge in [0.15, 0.2) is 0 Å². The molecule has 1 heterocycles. The lowest BCUT2D eigenvalue weighted by molar-refractivity contribution is -0.115. The number of hydrogen-bond donors (Lipinski definition) is 2. The predicted molar refractivity (Wildman–Crippen MR) is 123 cm³/mol. The molecular weight excluding hydrogens is 412 g/mol. The molecule has 1 aliphatic rings. The minimum atomic E-state index is -3.55. The second-order valence-corrected chi connectivity index (χ2v) is 9.55. The molecule has 0 radical (unpaired) electrons. The minimum absolute atomic E-state index is 0.102. The maximum absolute atomic E-state index is 12.5. The average Bonchev–Trinajstić information content (AvgIpc) is 2.79. The molecule has 3 rings (SSSR count). The van der Waals surface area contributed by atoms with Gasteiger partial charge in [-0.25, -0.2) is 13.1 Å². The molecule has 2 aromatic rings. The molecule has 1 fully saturated rings. The van der Waals surface area contributed by atoms with Crippen molar-refractivity contribution in [3.8, 4) is 0 Å². The Morgan fingerprint density at radius 2 is 1.58 bits per heavy atom. The monoisotopic (exact) mass is 444 g/mol. The van der Waals surface area contributed by atoms with E-state index in [-0.39, 0.29) is 10.8 Å². The van der Waals surface area contributed by atoms with Gasteiger partial charge in [-0.15, -0.1) is 0 Å². The first-order valence-corrected chi connectivity index (χ1v) is 12.3. The number of piperazine rings is 1. The highest BCUT2D eigenvalue weighted by atomic mass is 32.2. The first-order valence-electron chi connectivity index (χ1n) is 10.8. The number of carbonyl (C=O) groups is 1. The summed E-state index contributed by atoms with van der Waals surface area (Å²) in [7, 11) is -3.55. The van der Waals surface area contributed by atoms with Crippen molar-refractivity contribution < 1.29 is 13.2 Å². The molecule has 0 aromatic heterocycles. The number of nitrogens with one attached hydrogen (secondary N) is 2. The van der Waals surface area contributed by atoms with Gasteiger partial charge in [-0.05, 0) is 42.8 Å². The Morgan fingerprint density at radius 3 is 2.23 bits per heavy atom. The third kappa shape index (κ3) is 7.43. The fraction of sp³-hybridized carbons (Fsp3) is 0.435. The highest BCUT2D eigenvalue weighted by molar-refractivity contribution is 7.89. The number of nitrogens with zero attached hydrogens (tertiary/aromatic N) is 2. The summed E-state index contributed by atoms with van der Waals surface area (Å²) in [4.78, 5) is 16.5. The minimum Gasteiger partial charge on any atom is -0.326 e. The van der Waals surface area contributed by atoms with Gasteiger partial charge in [0.25, 0.3) is 0 Å². The Bertz CT molecular complexity index is 925. The Labute approximate surface area is 185 Å². The van der Waals surface area contributed by atoms with Gasteiger partial charge >= 0.3 is 0 Å². The first-order chi connectivity index (χ1) is 15.0. The van der Waals surface area contributed by atoms with Crippen molar-refractivity contribution in [1.29, 1.82) is 0 Å². The topological polar surface area (TPSA) is 81.7 Å². The molecule has 31 heavy (non-hydrogen) atoms. The fourth-order valence-electron chi connectivity index (χ4n) is 3.57. The lowest BCUT2D eigenvalue weighted by Gasteiger charge is -2.34. The van der Waals surface area contributed by atoms with Crippen molar-refractivity contribution in [3.05, 3.63) is 60.2 Å². The summed E-state index contributed by atoms with van der Waals surface area (Å²) >= 11 is 0. The Kier molecular flexibility index (Phi) is 8.60. The highest BCUT2D eigenvalue weighted by Gasteiger charge is 2.17. The summed E-state index contributed by atoms with van der Waals surface area (Å²) in [5, 5.41) is 2.71. The SMILES string of the molecule is CCC(=O)Nc1ccc(S(=O)(=O)NCCCN2CCN(Cc3ccccc3)CC2)cc1. The number of amides is 1. The molecular formula is C23H32N4O3S. The van der Waals surface area contributed by atoms with E-state index in [1.165, 1.54) is 17.7 Å². The zero-order chi connectivity index (χ0) is 22.1. The van der Waals surface area contributed by atoms with Crippen LogP contribution in [-0.4, -0.2) is 63.4 Å². The third-order valence-electron chi connectivity index (χ3n) is 5.43. The Morgan fingerprint density at radius 1 is 0.935 bits per heavy atom. The Balaban J connectivity index is 1.36. The molecule has 168 valence electrons. The van der Waals surface area contributed by atoms with Crippen LogP contribution in [0.2, 0.25) is 0 Å². The van der Waals surface area contributed by atoms with Crippen LogP contribution in [0.4, 0.5) is 5.69 Å². The van der Waals surface area contributed by atoms with E-state index in [1.54, 1.807) is 19.1 Å². The summed E-state index contributed by atoms with van der Waals surface area (Å²) < 4.78 is 27.6. The van der Waals surface area contributed by atoms with Gasteiger partial charge in [0, 0.05) is 51.4 Å². The largest absolute Gasteiger partial charge is 0.326 e. The standard InChI is InChI=1S/C23H32N4O3S/c1-2-23(28)25-21-9-11-22(12-10-21)31(29,30)24-13-6-14-26-15-17-27(18-16-26)19-20-7-4-3-5-8-20/h3-5,7-12,24H,2,6,13-19H2,1H3,(H,25,28). The molecule has 0 aliphatic carbocycles. The van der Waals surface area contributed by atoms with Crippen LogP contribution in [0, 0.1) is 0 Å². The zero-order valence-corrected chi connectivity index (χ0v) is 18.9. The van der Waals surface area contributed by atoms with Gasteiger partial charge in [0.1, 0.15) is 0 Å². The van der Waals surface area contributed by atoms with Crippen LogP contribution in [0.3, 0.4) is 0 Å². The molecule has 7 nitrogen and oxygen atoms in total. The van der Waals surface area contributed by atoms with Gasteiger partial charge in [-0.1, -0.05) is 37.3 Å². The maximum Gasteiger partial charge on any atom is 0.240 e. The van der Waals surface area contributed by atoms with Crippen molar-refractivity contribution in [2.24, 2.45) is 0 Å². The van der Waals surface area contributed by atoms with E-state index in [2.05, 4.69) is 44.1 Å². The van der Waals surface area contributed by atoms with E-state index in [0.29, 0.717) is 18.7 Å². The molecule has 0 unspecified atom stereocenters. The summed E-state index contributed by atoms with van der Waals surface area (Å²) in [6.07, 6.45) is 1.15. The average molecular weight is 445 g/mol. The van der Waals surface area contributed by atoms with Crippen molar-refractivity contribution >= 4 is 21.6 Å². The second kappa shape index (κ2) is 11.4. The van der Waals surface area contributed by atoms with Gasteiger partial charge in [-0.2, -0.15) is 0 Å². The predicted octanol–water partition coefficient (Wildman–Crippen LogP) is 2.52. The first kappa shape index (κ1) is 23.4. The van der Waals surface area contributed by atoms with Crippen molar-refractivity contribution in [3.63, 3.8) is 0 Å². The van der Waals surface area contributed by atoms with Gasteiger partial charge in [0.05, 0.1) is 4.90 Å². The third-order valence-corrected chi connectivity index (χ3v) is 6.90. The lowest BCUT2D eigenvalue weighted by atomic mass is 10.2. The molecule has 1 amide bonds. The van der Waals surface area contributed by atoms with E-state index >= 15 is 0 Å². The van der Waals surface area contributed by atoms with Crippen LogP contribution in [0.5, 0.6) is 0 Å². The molecule has 0 spiro atoms. The van der Waals surface area contributed by atoms with Crippen LogP contribution in [-0.2, 0) is 21.4 Å². The number of anilines is 1. The smallest absolute Gasteiger partial charge is 0.240 e. The van der Waals surface area contributed by atoms with E-state index in [0.717, 1.165) is 45.7 Å². The van der Waals surface area contributed by atoms with Crippen LogP contribution in [0.1, 0.15) is 25.3 Å². The van der Waals surface area contributed by atoms with Crippen molar-refractivity contribution in [1.82, 2.24) is 14.5 Å². The summed E-state index contributed by atoms with van der Waals surface area (Å²) in [5.41, 5.74) is 1.93. The maximum atomic E-state index is 12.5. The van der Waals surface area contributed by atoms with Gasteiger partial charge in [0.2, 0.25) is 15.9 Å². The molecule has 2 aromatic carbocycles. The highest BCUT2D eigenvalue weighted by Crippen LogP contribution is 2.14. The number of rotatable bonds is 10. The lowest BCUT2D eigenvalue weighted by Crippen LogP contribution is -2.46. The van der Waals surface area contributed by atoms with Crippen molar-refractivity contribution in [2.45, 2.75) is 31.2 Å². The number of carbonyl (C=O) groups excluding carboxylic acids is 1. The summed E-state index contributed by atoms with van der Waals surface area (Å²) in [6.45, 7) is 8.10. The quantitative estimate of drug-likeness (QED) is 0.551. The number of sulfonamides is 1. The zero-order valence-electron chi connectivity index (χ0n) is 18.1. The van der Waals surface area contributed by atoms with Crippen LogP contribution >= 0.6 is 0 Å². The molecule has 1 saturated heterocycles. The van der Waals surface area contributed by atoms with Gasteiger partial charge in [-0.3, -0.25) is 9.69 Å². The molecule has 0 bridgehead atoms. The van der Waals surface area contributed by atoms with E-state index in [9.17, 15) is 13.2 Å². The Hall–Kier alpha value is -2.26. The van der Waals surface area contributed by atoms with Crippen LogP contribution in [0.15, 0.2) is 59.5 Å². The molecule has 1 aliphatic heterocycles. The second-order valence-electron chi connectivity index (χ2n) is 7.78. The fourth-order valence-corrected chi connectivity index (χ4v) is 4.65. The van der Waals surface area contributed by atoms with E-state index in [4.69, 9.17) is 0 Å². The molecule has 0 saturated carbocycles. The van der Waals surface area contributed by atoms with Crippen LogP contribution < -0.4 is 10.0 Å². The number of benzene rings is 2. The number of hydrogen-bond acceptors (Lipinski definition) is 5. The van der Waals surface area contributed by atoms with Crippen molar-refractivity contribution in [2.75, 3.05) is 44.6 Å². The summed E-state index contributed by atoms with van der Waals surface area (Å²) in [6, 6.07) is 16.8. The normalized spacial score (nSPS) is 15.6. The molecule has 8 heteroatoms. The van der Waals surface area contributed by atoms with E-state index < -0.39 is 10.0 Å². The van der Waals surface area contributed by atoms with E-state index in [1.807, 2.05) is 6.07 Å². The summed E-state index contributed by atoms with van der Waals surface area (Å²) in [5.74, 6) is -0.102. The van der Waals surface area contributed by atoms with Crippen LogP contribution in [0.25, 0.3) is 0 Å². The molecule has 2 N–H and O–H groups in total. The molecule has 0 atom stereocenters. The van der Waals surface area contributed by atoms with Gasteiger partial charge < -0.3 is 10.2 Å².